The first-order valence-electron chi connectivity index (χ1n) is 6.13. The Morgan fingerprint density at radius 3 is 2.23 bits per heavy atom. The number of rotatable bonds is 4. The number of nitro benzene ring substituents is 2. The number of aryl methyl sites for hydroxylation is 1. The zero-order valence-corrected chi connectivity index (χ0v) is 11.4. The molecule has 1 N–H and O–H groups in total. The maximum absolute atomic E-state index is 11.1. The van der Waals surface area contributed by atoms with Crippen molar-refractivity contribution in [1.82, 2.24) is 0 Å². The van der Waals surface area contributed by atoms with Crippen LogP contribution in [0.3, 0.4) is 0 Å². The predicted molar refractivity (Wildman–Crippen MR) is 78.9 cm³/mol. The molecule has 0 spiro atoms. The van der Waals surface area contributed by atoms with Crippen molar-refractivity contribution in [2.45, 2.75) is 6.92 Å². The molecule has 0 heterocycles. The average Bonchev–Trinajstić information content (AvgIpc) is 2.49. The Kier molecular flexibility index (Phi) is 3.99. The molecule has 0 saturated heterocycles. The fourth-order valence-electron chi connectivity index (χ4n) is 1.86. The largest absolute Gasteiger partial charge is 0.349 e. The molecule has 0 aromatic heterocycles. The second kappa shape index (κ2) is 5.88. The molecule has 0 atom stereocenters. The molecule has 2 aromatic carbocycles. The monoisotopic (exact) mass is 298 g/mol. The van der Waals surface area contributed by atoms with Gasteiger partial charge in [0.25, 0.3) is 5.69 Å². The first kappa shape index (κ1) is 14.9. The van der Waals surface area contributed by atoms with E-state index in [2.05, 4.69) is 5.32 Å². The van der Waals surface area contributed by atoms with Crippen molar-refractivity contribution in [3.8, 4) is 6.07 Å². The lowest BCUT2D eigenvalue weighted by molar-refractivity contribution is -0.393. The topological polar surface area (TPSA) is 122 Å². The van der Waals surface area contributed by atoms with Crippen LogP contribution in [0.25, 0.3) is 0 Å². The van der Waals surface area contributed by atoms with Crippen LogP contribution in [-0.4, -0.2) is 9.85 Å². The molecule has 0 fully saturated rings. The van der Waals surface area contributed by atoms with Crippen LogP contribution in [0.2, 0.25) is 0 Å². The summed E-state index contributed by atoms with van der Waals surface area (Å²) in [4.78, 5) is 20.4. The van der Waals surface area contributed by atoms with Gasteiger partial charge in [0, 0.05) is 11.8 Å². The number of hydrogen-bond acceptors (Lipinski definition) is 6. The van der Waals surface area contributed by atoms with Crippen molar-refractivity contribution in [2.75, 3.05) is 5.32 Å². The molecule has 2 aromatic rings. The summed E-state index contributed by atoms with van der Waals surface area (Å²) in [6, 6.07) is 10.6. The van der Waals surface area contributed by atoms with Gasteiger partial charge in [0.1, 0.15) is 11.8 Å². The number of hydrogen-bond donors (Lipinski definition) is 1. The first-order valence-corrected chi connectivity index (χ1v) is 6.13. The number of anilines is 2. The lowest BCUT2D eigenvalue weighted by Gasteiger charge is -2.09. The Hall–Kier alpha value is -3.47. The smallest absolute Gasteiger partial charge is 0.300 e. The van der Waals surface area contributed by atoms with Crippen molar-refractivity contribution in [1.29, 1.82) is 5.26 Å². The molecule has 110 valence electrons. The van der Waals surface area contributed by atoms with Crippen molar-refractivity contribution in [3.05, 3.63) is 67.8 Å². The molecular weight excluding hydrogens is 288 g/mol. The van der Waals surface area contributed by atoms with Crippen molar-refractivity contribution < 1.29 is 9.85 Å². The van der Waals surface area contributed by atoms with Gasteiger partial charge in [-0.25, -0.2) is 0 Å². The van der Waals surface area contributed by atoms with Crippen LogP contribution in [0, 0.1) is 38.5 Å². The minimum Gasteiger partial charge on any atom is -0.349 e. The van der Waals surface area contributed by atoms with Crippen molar-refractivity contribution in [2.24, 2.45) is 0 Å². The molecule has 0 aliphatic heterocycles. The van der Waals surface area contributed by atoms with E-state index in [4.69, 9.17) is 5.26 Å². The third kappa shape index (κ3) is 2.99. The minimum absolute atomic E-state index is 0.0676. The van der Waals surface area contributed by atoms with Crippen LogP contribution in [-0.2, 0) is 0 Å². The summed E-state index contributed by atoms with van der Waals surface area (Å²) in [7, 11) is 0. The summed E-state index contributed by atoms with van der Waals surface area (Å²) in [5.41, 5.74) is 0.288. The number of benzene rings is 2. The van der Waals surface area contributed by atoms with Gasteiger partial charge in [-0.2, -0.15) is 5.26 Å². The van der Waals surface area contributed by atoms with E-state index in [1.54, 1.807) is 30.3 Å². The summed E-state index contributed by atoms with van der Waals surface area (Å²) in [6.07, 6.45) is 0. The van der Waals surface area contributed by atoms with E-state index < -0.39 is 21.2 Å². The van der Waals surface area contributed by atoms with Crippen LogP contribution < -0.4 is 5.32 Å². The fourth-order valence-corrected chi connectivity index (χ4v) is 1.86. The second-order valence-electron chi connectivity index (χ2n) is 4.50. The summed E-state index contributed by atoms with van der Waals surface area (Å²) in [5, 5.41) is 33.8. The third-order valence-corrected chi connectivity index (χ3v) is 2.95. The Bertz CT molecular complexity index is 794. The molecule has 8 heteroatoms. The number of nitro groups is 2. The van der Waals surface area contributed by atoms with E-state index in [1.807, 2.05) is 6.92 Å². The van der Waals surface area contributed by atoms with Crippen LogP contribution in [0.15, 0.2) is 36.4 Å². The number of non-ortho nitro benzene ring substituents is 1. The van der Waals surface area contributed by atoms with Crippen LogP contribution in [0.5, 0.6) is 0 Å². The van der Waals surface area contributed by atoms with Gasteiger partial charge in [-0.15, -0.1) is 0 Å². The van der Waals surface area contributed by atoms with Gasteiger partial charge >= 0.3 is 5.69 Å². The molecule has 8 nitrogen and oxygen atoms in total. The Labute approximate surface area is 124 Å². The highest BCUT2D eigenvalue weighted by Crippen LogP contribution is 2.35. The van der Waals surface area contributed by atoms with E-state index in [0.29, 0.717) is 5.69 Å². The highest BCUT2D eigenvalue weighted by molar-refractivity contribution is 5.78. The number of nitriles is 1. The predicted octanol–water partition coefficient (Wildman–Crippen LogP) is 3.43. The summed E-state index contributed by atoms with van der Waals surface area (Å²) < 4.78 is 0. The van der Waals surface area contributed by atoms with E-state index in [-0.39, 0.29) is 11.3 Å². The van der Waals surface area contributed by atoms with Crippen LogP contribution in [0.4, 0.5) is 22.7 Å². The Morgan fingerprint density at radius 2 is 1.73 bits per heavy atom. The zero-order valence-electron chi connectivity index (χ0n) is 11.4. The standard InChI is InChI=1S/C14H10N4O4/c1-9-2-4-11(5-3-9)16-14-10(8-15)6-12(17(19)20)7-13(14)18(21)22/h2-7,16H,1H3. The minimum atomic E-state index is -0.774. The normalized spacial score (nSPS) is 9.82. The number of nitrogens with one attached hydrogen (secondary N) is 1. The van der Waals surface area contributed by atoms with Crippen molar-refractivity contribution >= 4 is 22.7 Å². The molecule has 2 rings (SSSR count). The SMILES string of the molecule is Cc1ccc(Nc2c(C#N)cc([N+](=O)[O-])cc2[N+](=O)[O-])cc1. The van der Waals surface area contributed by atoms with Gasteiger partial charge in [0.2, 0.25) is 0 Å². The third-order valence-electron chi connectivity index (χ3n) is 2.95. The molecule has 22 heavy (non-hydrogen) atoms. The molecule has 0 bridgehead atoms. The molecule has 0 saturated carbocycles. The Balaban J connectivity index is 2.58. The van der Waals surface area contributed by atoms with E-state index in [0.717, 1.165) is 17.7 Å². The Morgan fingerprint density at radius 1 is 1.09 bits per heavy atom. The summed E-state index contributed by atoms with van der Waals surface area (Å²) in [6.45, 7) is 1.89. The average molecular weight is 298 g/mol. The van der Waals surface area contributed by atoms with E-state index in [1.165, 1.54) is 0 Å². The first-order chi connectivity index (χ1) is 10.4. The van der Waals surface area contributed by atoms with E-state index >= 15 is 0 Å². The number of nitrogens with zero attached hydrogens (tertiary/aromatic N) is 3. The second-order valence-corrected chi connectivity index (χ2v) is 4.50. The highest BCUT2D eigenvalue weighted by atomic mass is 16.6. The summed E-state index contributed by atoms with van der Waals surface area (Å²) >= 11 is 0. The van der Waals surface area contributed by atoms with Gasteiger partial charge in [-0.1, -0.05) is 17.7 Å². The quantitative estimate of drug-likeness (QED) is 0.681. The van der Waals surface area contributed by atoms with Crippen LogP contribution >= 0.6 is 0 Å². The van der Waals surface area contributed by atoms with Gasteiger partial charge in [-0.3, -0.25) is 20.2 Å². The maximum atomic E-state index is 11.1. The van der Waals surface area contributed by atoms with Crippen LogP contribution in [0.1, 0.15) is 11.1 Å². The van der Waals surface area contributed by atoms with Gasteiger partial charge < -0.3 is 5.32 Å². The maximum Gasteiger partial charge on any atom is 0.300 e. The molecule has 0 radical (unpaired) electrons. The lowest BCUT2D eigenvalue weighted by atomic mass is 10.1. The highest BCUT2D eigenvalue weighted by Gasteiger charge is 2.24. The van der Waals surface area contributed by atoms with Gasteiger partial charge in [0.15, 0.2) is 0 Å². The summed E-state index contributed by atoms with van der Waals surface area (Å²) in [5.74, 6) is 0. The van der Waals surface area contributed by atoms with Crippen molar-refractivity contribution in [3.63, 3.8) is 0 Å². The molecule has 0 amide bonds. The van der Waals surface area contributed by atoms with Gasteiger partial charge in [-0.05, 0) is 19.1 Å². The molecular formula is C14H10N4O4. The fraction of sp³-hybridized carbons (Fsp3) is 0.0714. The zero-order chi connectivity index (χ0) is 16.3. The molecule has 0 aliphatic carbocycles. The van der Waals surface area contributed by atoms with Gasteiger partial charge in [0.05, 0.1) is 21.5 Å². The molecule has 0 aliphatic rings. The molecule has 0 unspecified atom stereocenters. The lowest BCUT2D eigenvalue weighted by Crippen LogP contribution is -2.02. The van der Waals surface area contributed by atoms with E-state index in [9.17, 15) is 20.2 Å².